The number of aromatic nitrogens is 3. The molecule has 3 rings (SSSR count). The lowest BCUT2D eigenvalue weighted by Crippen LogP contribution is -2.26. The van der Waals surface area contributed by atoms with Crippen molar-refractivity contribution in [3.63, 3.8) is 0 Å². The van der Waals surface area contributed by atoms with Gasteiger partial charge in [0.25, 0.3) is 0 Å². The smallest absolute Gasteiger partial charge is 0.357 e. The van der Waals surface area contributed by atoms with E-state index >= 15 is 0 Å². The first kappa shape index (κ1) is 26.5. The van der Waals surface area contributed by atoms with Crippen molar-refractivity contribution < 1.29 is 14.3 Å². The normalized spacial score (nSPS) is 14.1. The van der Waals surface area contributed by atoms with Gasteiger partial charge in [-0.15, -0.1) is 0 Å². The largest absolute Gasteiger partial charge is 0.461 e. The summed E-state index contributed by atoms with van der Waals surface area (Å²) < 4.78 is 10.4. The van der Waals surface area contributed by atoms with Crippen LogP contribution in [0.3, 0.4) is 0 Å². The van der Waals surface area contributed by atoms with Gasteiger partial charge in [-0.25, -0.2) is 19.7 Å². The minimum Gasteiger partial charge on any atom is -0.461 e. The predicted octanol–water partition coefficient (Wildman–Crippen LogP) is 4.57. The van der Waals surface area contributed by atoms with Crippen LogP contribution in [0.2, 0.25) is 0 Å². The summed E-state index contributed by atoms with van der Waals surface area (Å²) in [6.45, 7) is 7.24. The Morgan fingerprint density at radius 2 is 1.91 bits per heavy atom. The molecule has 35 heavy (non-hydrogen) atoms. The zero-order chi connectivity index (χ0) is 25.4. The Labute approximate surface area is 208 Å². The van der Waals surface area contributed by atoms with Gasteiger partial charge in [-0.05, 0) is 37.3 Å². The van der Waals surface area contributed by atoms with Crippen molar-refractivity contribution in [2.45, 2.75) is 58.9 Å². The van der Waals surface area contributed by atoms with Gasteiger partial charge in [0.2, 0.25) is 5.95 Å². The van der Waals surface area contributed by atoms with Gasteiger partial charge in [0.15, 0.2) is 5.69 Å². The number of nitrogens with zero attached hydrogens (tertiary/aromatic N) is 4. The molecule has 2 aromatic heterocycles. The van der Waals surface area contributed by atoms with Gasteiger partial charge in [-0.1, -0.05) is 33.1 Å². The molecule has 0 unspecified atom stereocenters. The molecular formula is C26H38N6O3. The summed E-state index contributed by atoms with van der Waals surface area (Å²) in [5.41, 5.74) is 2.76. The van der Waals surface area contributed by atoms with E-state index in [4.69, 9.17) is 14.9 Å². The van der Waals surface area contributed by atoms with E-state index in [1.54, 1.807) is 32.5 Å². The maximum atomic E-state index is 12.7. The molecule has 2 heterocycles. The summed E-state index contributed by atoms with van der Waals surface area (Å²) in [4.78, 5) is 28.4. The van der Waals surface area contributed by atoms with Gasteiger partial charge < -0.3 is 25.1 Å². The van der Waals surface area contributed by atoms with Gasteiger partial charge >= 0.3 is 5.97 Å². The number of nitrogens with one attached hydrogen (secondary N) is 2. The van der Waals surface area contributed by atoms with Gasteiger partial charge in [-0.3, -0.25) is 0 Å². The van der Waals surface area contributed by atoms with Crippen LogP contribution in [0.1, 0.15) is 68.9 Å². The number of rotatable bonds is 11. The highest BCUT2D eigenvalue weighted by molar-refractivity contribution is 6.10. The predicted molar refractivity (Wildman–Crippen MR) is 139 cm³/mol. The summed E-state index contributed by atoms with van der Waals surface area (Å²) in [5, 5.41) is 12.5. The number of methoxy groups -OCH3 is 1. The minimum atomic E-state index is -0.486. The number of hydrogen-bond donors (Lipinski definition) is 2. The zero-order valence-electron chi connectivity index (χ0n) is 21.6. The average molecular weight is 483 g/mol. The number of anilines is 2. The molecule has 2 N–H and O–H groups in total. The maximum absolute atomic E-state index is 12.7. The molecule has 1 saturated carbocycles. The molecule has 0 amide bonds. The maximum Gasteiger partial charge on any atom is 0.357 e. The lowest BCUT2D eigenvalue weighted by Gasteiger charge is -2.26. The highest BCUT2D eigenvalue weighted by atomic mass is 16.5. The van der Waals surface area contributed by atoms with Gasteiger partial charge in [0, 0.05) is 56.0 Å². The van der Waals surface area contributed by atoms with Crippen LogP contribution in [0.4, 0.5) is 11.8 Å². The van der Waals surface area contributed by atoms with Crippen LogP contribution in [0.5, 0.6) is 0 Å². The molecule has 0 atom stereocenters. The molecule has 0 aliphatic heterocycles. The lowest BCUT2D eigenvalue weighted by molar-refractivity contribution is 0.0519. The molecule has 0 aromatic carbocycles. The molecular weight excluding hydrogens is 444 g/mol. The van der Waals surface area contributed by atoms with E-state index < -0.39 is 5.97 Å². The average Bonchev–Trinajstić information content (AvgIpc) is 2.87. The van der Waals surface area contributed by atoms with E-state index in [9.17, 15) is 4.79 Å². The van der Waals surface area contributed by atoms with Crippen LogP contribution in [0, 0.1) is 11.3 Å². The number of pyridine rings is 1. The molecule has 0 saturated heterocycles. The number of carbonyl (C=O) groups is 1. The second-order valence-corrected chi connectivity index (χ2v) is 9.23. The standard InChI is InChI=1S/C26H38N6O3/c1-6-35-25(33)21-14-20(18-15-28-26(29-16-18)32(4)12-13-34-5)22(23(27)17(2)3)24(31-21)30-19-10-8-7-9-11-19/h14-17,19,27H,6-13H2,1-5H3,(H,30,31). The monoisotopic (exact) mass is 482 g/mol. The molecule has 1 aliphatic rings. The van der Waals surface area contributed by atoms with Crippen molar-refractivity contribution in [3.05, 3.63) is 29.7 Å². The van der Waals surface area contributed by atoms with Gasteiger partial charge in [0.1, 0.15) is 5.82 Å². The number of ether oxygens (including phenoxy) is 2. The molecule has 9 nitrogen and oxygen atoms in total. The summed E-state index contributed by atoms with van der Waals surface area (Å²) in [7, 11) is 3.57. The van der Waals surface area contributed by atoms with Crippen molar-refractivity contribution in [1.82, 2.24) is 15.0 Å². The fraction of sp³-hybridized carbons (Fsp3) is 0.577. The van der Waals surface area contributed by atoms with Gasteiger partial charge in [0.05, 0.1) is 13.2 Å². The second kappa shape index (κ2) is 12.6. The van der Waals surface area contributed by atoms with Crippen molar-refractivity contribution in [3.8, 4) is 11.1 Å². The second-order valence-electron chi connectivity index (χ2n) is 9.23. The van der Waals surface area contributed by atoms with Crippen LogP contribution in [0.25, 0.3) is 11.1 Å². The number of likely N-dealkylation sites (N-methyl/N-ethyl adjacent to an activating group) is 1. The summed E-state index contributed by atoms with van der Waals surface area (Å²) in [6, 6.07) is 1.96. The summed E-state index contributed by atoms with van der Waals surface area (Å²) in [5.74, 6) is 0.611. The Hall–Kier alpha value is -3.07. The van der Waals surface area contributed by atoms with E-state index in [1.807, 2.05) is 25.8 Å². The van der Waals surface area contributed by atoms with Crippen molar-refractivity contribution >= 4 is 23.4 Å². The van der Waals surface area contributed by atoms with E-state index in [0.29, 0.717) is 47.3 Å². The SMILES string of the molecule is CCOC(=O)c1cc(-c2cnc(N(C)CCOC)nc2)c(C(=N)C(C)C)c(NC2CCCCC2)n1. The topological polar surface area (TPSA) is 113 Å². The van der Waals surface area contributed by atoms with Crippen LogP contribution >= 0.6 is 0 Å². The van der Waals surface area contributed by atoms with Crippen molar-refractivity contribution in [2.75, 3.05) is 44.1 Å². The van der Waals surface area contributed by atoms with E-state index in [0.717, 1.165) is 25.7 Å². The van der Waals surface area contributed by atoms with E-state index in [1.165, 1.54) is 6.42 Å². The molecule has 2 aromatic rings. The quantitative estimate of drug-likeness (QED) is 0.354. The van der Waals surface area contributed by atoms with Crippen LogP contribution in [-0.4, -0.2) is 66.6 Å². The molecule has 0 bridgehead atoms. The fourth-order valence-electron chi connectivity index (χ4n) is 4.17. The van der Waals surface area contributed by atoms with Crippen LogP contribution in [0.15, 0.2) is 18.5 Å². The third-order valence-electron chi connectivity index (χ3n) is 6.22. The first-order chi connectivity index (χ1) is 16.8. The Balaban J connectivity index is 2.10. The molecule has 1 aliphatic carbocycles. The lowest BCUT2D eigenvalue weighted by atomic mass is 9.91. The fourth-order valence-corrected chi connectivity index (χ4v) is 4.17. The van der Waals surface area contributed by atoms with Gasteiger partial charge in [-0.2, -0.15) is 0 Å². The molecule has 0 spiro atoms. The van der Waals surface area contributed by atoms with E-state index in [-0.39, 0.29) is 24.3 Å². The Bertz CT molecular complexity index is 1000. The van der Waals surface area contributed by atoms with Crippen molar-refractivity contribution in [2.24, 2.45) is 5.92 Å². The highest BCUT2D eigenvalue weighted by Crippen LogP contribution is 2.33. The highest BCUT2D eigenvalue weighted by Gasteiger charge is 2.25. The Morgan fingerprint density at radius 1 is 1.23 bits per heavy atom. The van der Waals surface area contributed by atoms with E-state index in [2.05, 4.69) is 20.3 Å². The first-order valence-electron chi connectivity index (χ1n) is 12.5. The zero-order valence-corrected chi connectivity index (χ0v) is 21.6. The third-order valence-corrected chi connectivity index (χ3v) is 6.22. The minimum absolute atomic E-state index is 0.0312. The van der Waals surface area contributed by atoms with Crippen molar-refractivity contribution in [1.29, 1.82) is 5.41 Å². The Kier molecular flexibility index (Phi) is 9.54. The van der Waals surface area contributed by atoms with Crippen LogP contribution < -0.4 is 10.2 Å². The first-order valence-corrected chi connectivity index (χ1v) is 12.5. The van der Waals surface area contributed by atoms with Crippen LogP contribution in [-0.2, 0) is 9.47 Å². The molecule has 190 valence electrons. The third kappa shape index (κ3) is 6.75. The molecule has 9 heteroatoms. The summed E-state index contributed by atoms with van der Waals surface area (Å²) >= 11 is 0. The number of hydrogen-bond acceptors (Lipinski definition) is 9. The molecule has 0 radical (unpaired) electrons. The number of carbonyl (C=O) groups excluding carboxylic acids is 1. The Morgan fingerprint density at radius 3 is 2.51 bits per heavy atom. The number of esters is 1. The molecule has 1 fully saturated rings. The summed E-state index contributed by atoms with van der Waals surface area (Å²) in [6.07, 6.45) is 9.10.